The van der Waals surface area contributed by atoms with Gasteiger partial charge in [0.1, 0.15) is 0 Å². The molecule has 0 saturated carbocycles. The van der Waals surface area contributed by atoms with E-state index in [4.69, 9.17) is 22.1 Å². The fraction of sp³-hybridized carbons (Fsp3) is 0.438. The predicted octanol–water partition coefficient (Wildman–Crippen LogP) is 0.590. The highest BCUT2D eigenvalue weighted by molar-refractivity contribution is 6.30. The van der Waals surface area contributed by atoms with Crippen LogP contribution < -0.4 is 16.0 Å². The molecule has 1 aliphatic rings. The summed E-state index contributed by atoms with van der Waals surface area (Å²) in [5.41, 5.74) is 5.91. The van der Waals surface area contributed by atoms with Gasteiger partial charge in [-0.2, -0.15) is 0 Å². The Hall–Kier alpha value is -2.48. The molecular weight excluding hydrogens is 348 g/mol. The number of amides is 3. The van der Waals surface area contributed by atoms with Gasteiger partial charge in [-0.15, -0.1) is 0 Å². The van der Waals surface area contributed by atoms with E-state index in [-0.39, 0.29) is 25.5 Å². The van der Waals surface area contributed by atoms with Gasteiger partial charge in [0.05, 0.1) is 6.42 Å². The Balaban J connectivity index is 1.70. The van der Waals surface area contributed by atoms with Gasteiger partial charge in [-0.3, -0.25) is 9.59 Å². The molecule has 25 heavy (non-hydrogen) atoms. The standard InChI is InChI=1S/C16H21ClN4O4/c17-12-2-1-3-13(10-12)20-6-8-21(9-7-20)14(22)11-25-15(23)4-5-19-16(18)24/h1-3,10H,4-9,11H2,(H3,18,19,24). The summed E-state index contributed by atoms with van der Waals surface area (Å²) in [6.07, 6.45) is -0.0290. The number of carbonyl (C=O) groups is 3. The van der Waals surface area contributed by atoms with E-state index in [0.717, 1.165) is 5.69 Å². The molecule has 1 saturated heterocycles. The lowest BCUT2D eigenvalue weighted by molar-refractivity contribution is -0.152. The molecular formula is C16H21ClN4O4. The Bertz CT molecular complexity index is 632. The number of benzene rings is 1. The molecule has 0 atom stereocenters. The number of hydrogen-bond donors (Lipinski definition) is 2. The van der Waals surface area contributed by atoms with Gasteiger partial charge in [0, 0.05) is 43.4 Å². The maximum Gasteiger partial charge on any atom is 0.312 e. The zero-order valence-corrected chi connectivity index (χ0v) is 14.5. The lowest BCUT2D eigenvalue weighted by Gasteiger charge is -2.36. The number of halogens is 1. The third-order valence-corrected chi connectivity index (χ3v) is 4.03. The minimum Gasteiger partial charge on any atom is -0.456 e. The van der Waals surface area contributed by atoms with Crippen LogP contribution in [0.2, 0.25) is 5.02 Å². The van der Waals surface area contributed by atoms with Crippen LogP contribution in [0, 0.1) is 0 Å². The monoisotopic (exact) mass is 368 g/mol. The average molecular weight is 369 g/mol. The van der Waals surface area contributed by atoms with Gasteiger partial charge in [0.15, 0.2) is 6.61 Å². The van der Waals surface area contributed by atoms with Crippen molar-refractivity contribution in [3.05, 3.63) is 29.3 Å². The fourth-order valence-electron chi connectivity index (χ4n) is 2.48. The fourth-order valence-corrected chi connectivity index (χ4v) is 2.66. The number of rotatable bonds is 6. The maximum atomic E-state index is 12.1. The molecule has 3 N–H and O–H groups in total. The summed E-state index contributed by atoms with van der Waals surface area (Å²) in [5.74, 6) is -0.790. The molecule has 8 nitrogen and oxygen atoms in total. The van der Waals surface area contributed by atoms with E-state index in [9.17, 15) is 14.4 Å². The van der Waals surface area contributed by atoms with Gasteiger partial charge < -0.3 is 25.6 Å². The van der Waals surface area contributed by atoms with Gasteiger partial charge >= 0.3 is 12.0 Å². The number of piperazine rings is 1. The van der Waals surface area contributed by atoms with E-state index in [1.54, 1.807) is 4.90 Å². The molecule has 1 aromatic rings. The Labute approximate surface area is 150 Å². The SMILES string of the molecule is NC(=O)NCCC(=O)OCC(=O)N1CCN(c2cccc(Cl)c2)CC1. The minimum absolute atomic E-state index is 0.0290. The van der Waals surface area contributed by atoms with Crippen LogP contribution in [0.25, 0.3) is 0 Å². The van der Waals surface area contributed by atoms with Crippen LogP contribution in [0.5, 0.6) is 0 Å². The summed E-state index contributed by atoms with van der Waals surface area (Å²) in [7, 11) is 0. The summed E-state index contributed by atoms with van der Waals surface area (Å²) >= 11 is 6.00. The van der Waals surface area contributed by atoms with E-state index in [1.165, 1.54) is 0 Å². The first-order valence-corrected chi connectivity index (χ1v) is 8.30. The van der Waals surface area contributed by atoms with Crippen LogP contribution >= 0.6 is 11.6 Å². The number of urea groups is 1. The van der Waals surface area contributed by atoms with Gasteiger partial charge in [-0.1, -0.05) is 17.7 Å². The Morgan fingerprint density at radius 2 is 1.92 bits per heavy atom. The summed E-state index contributed by atoms with van der Waals surface area (Å²) < 4.78 is 4.91. The number of nitrogens with zero attached hydrogens (tertiary/aromatic N) is 2. The molecule has 2 rings (SSSR count). The third kappa shape index (κ3) is 6.15. The molecule has 1 aliphatic heterocycles. The third-order valence-electron chi connectivity index (χ3n) is 3.79. The minimum atomic E-state index is -0.707. The summed E-state index contributed by atoms with van der Waals surface area (Å²) in [6.45, 7) is 2.25. The van der Waals surface area contributed by atoms with Crippen molar-refractivity contribution in [3.8, 4) is 0 Å². The van der Waals surface area contributed by atoms with Crippen LogP contribution in [0.15, 0.2) is 24.3 Å². The van der Waals surface area contributed by atoms with Crippen molar-refractivity contribution in [2.75, 3.05) is 44.2 Å². The van der Waals surface area contributed by atoms with E-state index in [2.05, 4.69) is 10.2 Å². The van der Waals surface area contributed by atoms with Crippen molar-refractivity contribution < 1.29 is 19.1 Å². The van der Waals surface area contributed by atoms with Crippen molar-refractivity contribution >= 4 is 35.2 Å². The van der Waals surface area contributed by atoms with E-state index in [1.807, 2.05) is 24.3 Å². The second-order valence-electron chi connectivity index (χ2n) is 5.55. The lowest BCUT2D eigenvalue weighted by atomic mass is 10.2. The molecule has 1 aromatic carbocycles. The van der Waals surface area contributed by atoms with E-state index >= 15 is 0 Å². The Morgan fingerprint density at radius 3 is 2.56 bits per heavy atom. The first-order valence-electron chi connectivity index (χ1n) is 7.93. The maximum absolute atomic E-state index is 12.1. The molecule has 1 heterocycles. The molecule has 0 unspecified atom stereocenters. The largest absolute Gasteiger partial charge is 0.456 e. The number of nitrogens with two attached hydrogens (primary N) is 1. The second kappa shape index (κ2) is 9.12. The molecule has 0 radical (unpaired) electrons. The summed E-state index contributed by atoms with van der Waals surface area (Å²) in [5, 5.41) is 2.95. The number of carbonyl (C=O) groups excluding carboxylic acids is 3. The van der Waals surface area contributed by atoms with Gasteiger partial charge in [0.25, 0.3) is 5.91 Å². The molecule has 9 heteroatoms. The molecule has 0 aliphatic carbocycles. The van der Waals surface area contributed by atoms with Crippen LogP contribution in [-0.4, -0.2) is 62.1 Å². The van der Waals surface area contributed by atoms with Crippen molar-refractivity contribution in [1.29, 1.82) is 0 Å². The number of primary amides is 1. The average Bonchev–Trinajstić information content (AvgIpc) is 2.59. The van der Waals surface area contributed by atoms with E-state index in [0.29, 0.717) is 31.2 Å². The first-order chi connectivity index (χ1) is 12.0. The van der Waals surface area contributed by atoms with Crippen LogP contribution in [-0.2, 0) is 14.3 Å². The highest BCUT2D eigenvalue weighted by Gasteiger charge is 2.22. The Kier molecular flexibility index (Phi) is 6.88. The quantitative estimate of drug-likeness (QED) is 0.715. The lowest BCUT2D eigenvalue weighted by Crippen LogP contribution is -2.50. The highest BCUT2D eigenvalue weighted by atomic mass is 35.5. The van der Waals surface area contributed by atoms with Crippen molar-refractivity contribution in [3.63, 3.8) is 0 Å². The summed E-state index contributed by atoms with van der Waals surface area (Å²) in [4.78, 5) is 37.9. The van der Waals surface area contributed by atoms with Crippen molar-refractivity contribution in [2.24, 2.45) is 5.73 Å². The van der Waals surface area contributed by atoms with Gasteiger partial charge in [0.2, 0.25) is 0 Å². The normalized spacial score (nSPS) is 14.1. The Morgan fingerprint density at radius 1 is 1.20 bits per heavy atom. The first kappa shape index (κ1) is 18.9. The van der Waals surface area contributed by atoms with Crippen molar-refractivity contribution in [2.45, 2.75) is 6.42 Å². The predicted molar refractivity (Wildman–Crippen MR) is 93.4 cm³/mol. The number of ether oxygens (including phenoxy) is 1. The van der Waals surface area contributed by atoms with E-state index < -0.39 is 12.0 Å². The number of nitrogens with one attached hydrogen (secondary N) is 1. The smallest absolute Gasteiger partial charge is 0.312 e. The van der Waals surface area contributed by atoms with Crippen LogP contribution in [0.4, 0.5) is 10.5 Å². The molecule has 0 bridgehead atoms. The van der Waals surface area contributed by atoms with Crippen LogP contribution in [0.1, 0.15) is 6.42 Å². The topological polar surface area (TPSA) is 105 Å². The van der Waals surface area contributed by atoms with Gasteiger partial charge in [-0.05, 0) is 18.2 Å². The number of hydrogen-bond acceptors (Lipinski definition) is 5. The van der Waals surface area contributed by atoms with Gasteiger partial charge in [-0.25, -0.2) is 4.79 Å². The summed E-state index contributed by atoms with van der Waals surface area (Å²) in [6, 6.07) is 6.87. The molecule has 3 amide bonds. The zero-order valence-electron chi connectivity index (χ0n) is 13.7. The number of anilines is 1. The molecule has 0 spiro atoms. The second-order valence-corrected chi connectivity index (χ2v) is 5.99. The highest BCUT2D eigenvalue weighted by Crippen LogP contribution is 2.20. The van der Waals surface area contributed by atoms with Crippen LogP contribution in [0.3, 0.4) is 0 Å². The zero-order chi connectivity index (χ0) is 18.2. The molecule has 136 valence electrons. The number of esters is 1. The molecule has 1 fully saturated rings. The van der Waals surface area contributed by atoms with Crippen molar-refractivity contribution in [1.82, 2.24) is 10.2 Å². The molecule has 0 aromatic heterocycles.